The molecule has 0 aromatic carbocycles. The number of hydrogen-bond donors (Lipinski definition) is 1. The Kier molecular flexibility index (Phi) is 5.40. The Labute approximate surface area is 175 Å². The summed E-state index contributed by atoms with van der Waals surface area (Å²) < 4.78 is 0. The zero-order chi connectivity index (χ0) is 21.3. The van der Waals surface area contributed by atoms with E-state index in [-0.39, 0.29) is 17.5 Å². The highest BCUT2D eigenvalue weighted by Gasteiger charge is 2.51. The summed E-state index contributed by atoms with van der Waals surface area (Å²) in [5.74, 6) is 0.157. The molecule has 1 spiro atoms. The van der Waals surface area contributed by atoms with Gasteiger partial charge in [0.15, 0.2) is 0 Å². The molecule has 2 aliphatic heterocycles. The molecular formula is C22H27N5O3. The molecule has 2 fully saturated rings. The fraction of sp³-hybridized carbons (Fsp3) is 0.500. The van der Waals surface area contributed by atoms with Gasteiger partial charge in [0.2, 0.25) is 5.91 Å². The number of hydrogen-bond acceptors (Lipinski definition) is 5. The van der Waals surface area contributed by atoms with Gasteiger partial charge < -0.3 is 14.8 Å². The van der Waals surface area contributed by atoms with Crippen LogP contribution in [-0.2, 0) is 17.8 Å². The summed E-state index contributed by atoms with van der Waals surface area (Å²) in [6.07, 6.45) is 3.76. The van der Waals surface area contributed by atoms with Gasteiger partial charge in [-0.15, -0.1) is 0 Å². The van der Waals surface area contributed by atoms with E-state index in [4.69, 9.17) is 0 Å². The molecule has 8 nitrogen and oxygen atoms in total. The molecule has 1 atom stereocenters. The number of nitrogens with zero attached hydrogens (tertiary/aromatic N) is 4. The number of aromatic amines is 1. The lowest BCUT2D eigenvalue weighted by Crippen LogP contribution is -2.38. The predicted octanol–water partition coefficient (Wildman–Crippen LogP) is 1.63. The van der Waals surface area contributed by atoms with Crippen LogP contribution in [0.2, 0.25) is 0 Å². The van der Waals surface area contributed by atoms with Gasteiger partial charge >= 0.3 is 5.69 Å². The summed E-state index contributed by atoms with van der Waals surface area (Å²) in [6, 6.07) is 7.35. The number of H-pyrrole nitrogens is 1. The van der Waals surface area contributed by atoms with Crippen LogP contribution in [0.5, 0.6) is 0 Å². The summed E-state index contributed by atoms with van der Waals surface area (Å²) >= 11 is 0. The van der Waals surface area contributed by atoms with Crippen molar-refractivity contribution in [2.24, 2.45) is 11.3 Å². The quantitative estimate of drug-likeness (QED) is 0.809. The minimum Gasteiger partial charge on any atom is -0.336 e. The first-order valence-corrected chi connectivity index (χ1v) is 10.5. The van der Waals surface area contributed by atoms with Crippen LogP contribution in [0.25, 0.3) is 0 Å². The second-order valence-electron chi connectivity index (χ2n) is 8.75. The van der Waals surface area contributed by atoms with E-state index in [1.807, 2.05) is 36.9 Å². The van der Waals surface area contributed by atoms with Crippen LogP contribution >= 0.6 is 0 Å². The van der Waals surface area contributed by atoms with E-state index in [1.165, 1.54) is 0 Å². The van der Waals surface area contributed by atoms with Crippen LogP contribution in [0, 0.1) is 11.3 Å². The third kappa shape index (κ3) is 3.99. The standard InChI is InChI=1S/C22H27N5O3/c1-15(2)11-17-12-18(25-21(30)24-17)19(28)27-10-7-22(14-27)6-9-26(20(22)29)13-16-5-3-4-8-23-16/h3-5,8,12,15H,6-7,9-11,13-14H2,1-2H3,(H,24,25,30). The van der Waals surface area contributed by atoms with Crippen molar-refractivity contribution in [3.8, 4) is 0 Å². The minimum absolute atomic E-state index is 0.0859. The molecule has 4 rings (SSSR count). The highest BCUT2D eigenvalue weighted by molar-refractivity contribution is 5.94. The Morgan fingerprint density at radius 2 is 2.03 bits per heavy atom. The third-order valence-corrected chi connectivity index (χ3v) is 5.97. The van der Waals surface area contributed by atoms with Crippen LogP contribution < -0.4 is 5.69 Å². The number of aromatic nitrogens is 3. The van der Waals surface area contributed by atoms with Crippen LogP contribution in [0.4, 0.5) is 0 Å². The van der Waals surface area contributed by atoms with Crippen molar-refractivity contribution in [1.82, 2.24) is 24.8 Å². The number of nitrogens with one attached hydrogen (secondary N) is 1. The number of likely N-dealkylation sites (tertiary alicyclic amines) is 2. The van der Waals surface area contributed by atoms with E-state index in [2.05, 4.69) is 15.0 Å². The lowest BCUT2D eigenvalue weighted by atomic mass is 9.85. The van der Waals surface area contributed by atoms with E-state index in [0.717, 1.165) is 12.1 Å². The highest BCUT2D eigenvalue weighted by Crippen LogP contribution is 2.41. The van der Waals surface area contributed by atoms with Crippen molar-refractivity contribution in [3.05, 3.63) is 58.0 Å². The summed E-state index contributed by atoms with van der Waals surface area (Å²) in [6.45, 7) is 6.12. The summed E-state index contributed by atoms with van der Waals surface area (Å²) in [5, 5.41) is 0. The predicted molar refractivity (Wildman–Crippen MR) is 111 cm³/mol. The van der Waals surface area contributed by atoms with Gasteiger partial charge in [-0.05, 0) is 43.4 Å². The molecule has 8 heteroatoms. The average Bonchev–Trinajstić information content (AvgIpc) is 3.27. The minimum atomic E-state index is -0.535. The topological polar surface area (TPSA) is 99.3 Å². The maximum absolute atomic E-state index is 13.2. The lowest BCUT2D eigenvalue weighted by Gasteiger charge is -2.23. The highest BCUT2D eigenvalue weighted by atomic mass is 16.2. The van der Waals surface area contributed by atoms with E-state index in [1.54, 1.807) is 17.2 Å². The largest absolute Gasteiger partial charge is 0.345 e. The average molecular weight is 409 g/mol. The van der Waals surface area contributed by atoms with Crippen molar-refractivity contribution < 1.29 is 9.59 Å². The van der Waals surface area contributed by atoms with Gasteiger partial charge in [0.05, 0.1) is 17.7 Å². The number of carbonyl (C=O) groups is 2. The SMILES string of the molecule is CC(C)Cc1cc(C(=O)N2CCC3(CCN(Cc4ccccn4)C3=O)C2)nc(=O)[nH]1. The molecule has 2 aromatic rings. The maximum atomic E-state index is 13.2. The van der Waals surface area contributed by atoms with Gasteiger partial charge in [-0.25, -0.2) is 4.79 Å². The van der Waals surface area contributed by atoms with Crippen LogP contribution in [0.3, 0.4) is 0 Å². The Morgan fingerprint density at radius 1 is 1.23 bits per heavy atom. The third-order valence-electron chi connectivity index (χ3n) is 5.97. The molecule has 1 N–H and O–H groups in total. The van der Waals surface area contributed by atoms with E-state index < -0.39 is 11.1 Å². The Hall–Kier alpha value is -3.03. The van der Waals surface area contributed by atoms with Crippen LogP contribution in [0.1, 0.15) is 48.6 Å². The molecule has 2 saturated heterocycles. The number of amides is 2. The fourth-order valence-corrected chi connectivity index (χ4v) is 4.48. The summed E-state index contributed by atoms with van der Waals surface area (Å²) in [5.41, 5.74) is 0.679. The van der Waals surface area contributed by atoms with E-state index >= 15 is 0 Å². The molecule has 4 heterocycles. The number of pyridine rings is 1. The first-order valence-electron chi connectivity index (χ1n) is 10.5. The van der Waals surface area contributed by atoms with Gasteiger partial charge in [0.1, 0.15) is 5.69 Å². The molecule has 0 aliphatic carbocycles. The smallest absolute Gasteiger partial charge is 0.336 e. The molecular weight excluding hydrogens is 382 g/mol. The molecule has 2 amide bonds. The van der Waals surface area contributed by atoms with Gasteiger partial charge in [-0.2, -0.15) is 4.98 Å². The number of rotatable bonds is 5. The Balaban J connectivity index is 1.46. The normalized spacial score (nSPS) is 21.2. The molecule has 0 bridgehead atoms. The monoisotopic (exact) mass is 409 g/mol. The molecule has 2 aromatic heterocycles. The van der Waals surface area contributed by atoms with Gasteiger partial charge in [-0.1, -0.05) is 19.9 Å². The maximum Gasteiger partial charge on any atom is 0.345 e. The first kappa shape index (κ1) is 20.3. The van der Waals surface area contributed by atoms with Crippen molar-refractivity contribution in [2.75, 3.05) is 19.6 Å². The van der Waals surface area contributed by atoms with E-state index in [0.29, 0.717) is 50.6 Å². The zero-order valence-corrected chi connectivity index (χ0v) is 17.4. The number of carbonyl (C=O) groups excluding carboxylic acids is 2. The Morgan fingerprint density at radius 3 is 2.77 bits per heavy atom. The Bertz CT molecular complexity index is 1000. The molecule has 2 aliphatic rings. The van der Waals surface area contributed by atoms with E-state index in [9.17, 15) is 14.4 Å². The molecule has 158 valence electrons. The van der Waals surface area contributed by atoms with Gasteiger partial charge in [0.25, 0.3) is 5.91 Å². The summed E-state index contributed by atoms with van der Waals surface area (Å²) in [7, 11) is 0. The second kappa shape index (κ2) is 8.01. The fourth-order valence-electron chi connectivity index (χ4n) is 4.48. The lowest BCUT2D eigenvalue weighted by molar-refractivity contribution is -0.135. The first-order chi connectivity index (χ1) is 14.4. The van der Waals surface area contributed by atoms with Gasteiger partial charge in [-0.3, -0.25) is 14.6 Å². The van der Waals surface area contributed by atoms with Gasteiger partial charge in [0, 0.05) is 31.5 Å². The van der Waals surface area contributed by atoms with Crippen molar-refractivity contribution in [2.45, 2.75) is 39.7 Å². The molecule has 1 unspecified atom stereocenters. The van der Waals surface area contributed by atoms with Crippen LogP contribution in [-0.4, -0.2) is 56.2 Å². The van der Waals surface area contributed by atoms with Crippen molar-refractivity contribution in [1.29, 1.82) is 0 Å². The van der Waals surface area contributed by atoms with Crippen molar-refractivity contribution in [3.63, 3.8) is 0 Å². The molecule has 0 radical (unpaired) electrons. The zero-order valence-electron chi connectivity index (χ0n) is 17.4. The summed E-state index contributed by atoms with van der Waals surface area (Å²) in [4.78, 5) is 52.5. The van der Waals surface area contributed by atoms with Crippen LogP contribution in [0.15, 0.2) is 35.3 Å². The van der Waals surface area contributed by atoms with Crippen molar-refractivity contribution >= 4 is 11.8 Å². The second-order valence-corrected chi connectivity index (χ2v) is 8.75. The molecule has 0 saturated carbocycles. The molecule has 30 heavy (non-hydrogen) atoms.